The molecule has 2 N–H and O–H groups in total. The van der Waals surface area contributed by atoms with Gasteiger partial charge in [0.2, 0.25) is 0 Å². The molecule has 3 aromatic rings. The Kier molecular flexibility index (Phi) is 5.49. The van der Waals surface area contributed by atoms with E-state index >= 15 is 0 Å². The Labute approximate surface area is 153 Å². The maximum atomic E-state index is 12.1. The second-order valence-corrected chi connectivity index (χ2v) is 5.84. The lowest BCUT2D eigenvalue weighted by molar-refractivity contribution is 0.0519. The van der Waals surface area contributed by atoms with Gasteiger partial charge in [0.1, 0.15) is 16.6 Å². The molecule has 8 nitrogen and oxygen atoms in total. The number of carbonyl (C=O) groups is 2. The van der Waals surface area contributed by atoms with Crippen LogP contribution in [0.15, 0.2) is 48.1 Å². The summed E-state index contributed by atoms with van der Waals surface area (Å²) < 4.78 is 4.89. The van der Waals surface area contributed by atoms with Crippen LogP contribution < -0.4 is 10.6 Å². The molecule has 3 heterocycles. The van der Waals surface area contributed by atoms with Crippen molar-refractivity contribution in [3.63, 3.8) is 0 Å². The van der Waals surface area contributed by atoms with E-state index in [1.807, 2.05) is 12.1 Å². The van der Waals surface area contributed by atoms with Gasteiger partial charge < -0.3 is 4.74 Å². The summed E-state index contributed by atoms with van der Waals surface area (Å²) in [6, 6.07) is 7.87. The van der Waals surface area contributed by atoms with Crippen molar-refractivity contribution in [3.05, 3.63) is 53.8 Å². The lowest BCUT2D eigenvalue weighted by Crippen LogP contribution is -2.21. The molecule has 2 amide bonds. The van der Waals surface area contributed by atoms with Crippen LogP contribution in [0.5, 0.6) is 0 Å². The van der Waals surface area contributed by atoms with Crippen molar-refractivity contribution in [3.8, 4) is 10.6 Å². The molecule has 0 aliphatic heterocycles. The van der Waals surface area contributed by atoms with E-state index in [9.17, 15) is 9.59 Å². The average molecular weight is 369 g/mol. The van der Waals surface area contributed by atoms with Crippen molar-refractivity contribution in [1.29, 1.82) is 0 Å². The van der Waals surface area contributed by atoms with Gasteiger partial charge in [0.05, 0.1) is 6.61 Å². The van der Waals surface area contributed by atoms with E-state index in [2.05, 4.69) is 25.6 Å². The zero-order chi connectivity index (χ0) is 18.4. The second kappa shape index (κ2) is 8.17. The number of pyridine rings is 2. The van der Waals surface area contributed by atoms with E-state index < -0.39 is 12.0 Å². The molecule has 0 saturated heterocycles. The normalized spacial score (nSPS) is 10.2. The molecule has 0 bridgehead atoms. The van der Waals surface area contributed by atoms with Gasteiger partial charge in [0, 0.05) is 23.3 Å². The van der Waals surface area contributed by atoms with Gasteiger partial charge in [-0.1, -0.05) is 6.07 Å². The van der Waals surface area contributed by atoms with Gasteiger partial charge in [-0.15, -0.1) is 11.3 Å². The number of ether oxygens (including phenoxy) is 1. The van der Waals surface area contributed by atoms with Crippen LogP contribution in [0.3, 0.4) is 0 Å². The Hall–Kier alpha value is -3.33. The highest BCUT2D eigenvalue weighted by molar-refractivity contribution is 7.13. The Balaban J connectivity index is 1.64. The highest BCUT2D eigenvalue weighted by atomic mass is 32.1. The van der Waals surface area contributed by atoms with E-state index in [4.69, 9.17) is 4.74 Å². The summed E-state index contributed by atoms with van der Waals surface area (Å²) in [7, 11) is 0. The van der Waals surface area contributed by atoms with Crippen LogP contribution in [-0.2, 0) is 4.74 Å². The van der Waals surface area contributed by atoms with Crippen molar-refractivity contribution in [2.45, 2.75) is 6.92 Å². The molecule has 0 radical (unpaired) electrons. The van der Waals surface area contributed by atoms with Crippen LogP contribution in [0, 0.1) is 0 Å². The van der Waals surface area contributed by atoms with Crippen LogP contribution in [0.2, 0.25) is 0 Å². The molecular weight excluding hydrogens is 354 g/mol. The summed E-state index contributed by atoms with van der Waals surface area (Å²) in [6.45, 7) is 1.96. The molecule has 26 heavy (non-hydrogen) atoms. The number of nitrogens with one attached hydrogen (secondary N) is 2. The van der Waals surface area contributed by atoms with Crippen molar-refractivity contribution >= 4 is 35.0 Å². The van der Waals surface area contributed by atoms with Crippen molar-refractivity contribution in [2.75, 3.05) is 17.2 Å². The van der Waals surface area contributed by atoms with Crippen LogP contribution in [0.1, 0.15) is 17.4 Å². The van der Waals surface area contributed by atoms with Crippen molar-refractivity contribution in [2.24, 2.45) is 0 Å². The Morgan fingerprint density at radius 1 is 1.08 bits per heavy atom. The van der Waals surface area contributed by atoms with Gasteiger partial charge in [0.25, 0.3) is 0 Å². The molecular formula is C17H15N5O3S. The third-order valence-corrected chi connectivity index (χ3v) is 4.04. The molecule has 0 aliphatic rings. The fourth-order valence-corrected chi connectivity index (χ4v) is 2.80. The quantitative estimate of drug-likeness (QED) is 0.668. The number of urea groups is 1. The van der Waals surface area contributed by atoms with Crippen LogP contribution in [0.25, 0.3) is 10.6 Å². The summed E-state index contributed by atoms with van der Waals surface area (Å²) in [5.41, 5.74) is 1.04. The van der Waals surface area contributed by atoms with Gasteiger partial charge in [-0.2, -0.15) is 0 Å². The van der Waals surface area contributed by atoms with E-state index in [0.29, 0.717) is 5.82 Å². The number of esters is 1. The Bertz CT molecular complexity index is 914. The molecule has 3 aromatic heterocycles. The summed E-state index contributed by atoms with van der Waals surface area (Å²) in [5, 5.41) is 7.70. The molecule has 0 aromatic carbocycles. The average Bonchev–Trinajstić information content (AvgIpc) is 3.11. The molecule has 0 fully saturated rings. The van der Waals surface area contributed by atoms with E-state index in [1.165, 1.54) is 17.4 Å². The van der Waals surface area contributed by atoms with Gasteiger partial charge in [0.15, 0.2) is 5.69 Å². The number of anilines is 2. The topological polar surface area (TPSA) is 106 Å². The van der Waals surface area contributed by atoms with E-state index in [-0.39, 0.29) is 18.1 Å². The second-order valence-electron chi connectivity index (χ2n) is 4.98. The predicted octanol–water partition coefficient (Wildman–Crippen LogP) is 3.42. The number of hydrogen-bond acceptors (Lipinski definition) is 7. The smallest absolute Gasteiger partial charge is 0.356 e. The minimum absolute atomic E-state index is 0.123. The maximum absolute atomic E-state index is 12.1. The number of hydrogen-bond donors (Lipinski definition) is 2. The summed E-state index contributed by atoms with van der Waals surface area (Å²) >= 11 is 1.40. The molecule has 0 atom stereocenters. The number of carbonyl (C=O) groups excluding carboxylic acids is 2. The molecule has 0 unspecified atom stereocenters. The molecule has 0 aliphatic carbocycles. The highest BCUT2D eigenvalue weighted by Gasteiger charge is 2.11. The first-order valence-electron chi connectivity index (χ1n) is 7.74. The maximum Gasteiger partial charge on any atom is 0.356 e. The third-order valence-electron chi connectivity index (χ3n) is 3.15. The summed E-state index contributed by atoms with van der Waals surface area (Å²) in [4.78, 5) is 36.2. The zero-order valence-electron chi connectivity index (χ0n) is 13.8. The highest BCUT2D eigenvalue weighted by Crippen LogP contribution is 2.25. The number of amides is 2. The minimum atomic E-state index is -0.543. The standard InChI is InChI=1S/C17H15N5O3S/c1-2-25-16(23)12-4-3-5-13(19-12)21-17(24)22-14-10-26-15(20-14)11-6-8-18-9-7-11/h3-10H,2H2,1H3,(H2,19,21,22,24). The molecule has 0 saturated carbocycles. The summed E-state index contributed by atoms with van der Waals surface area (Å²) in [6.07, 6.45) is 3.36. The molecule has 9 heteroatoms. The van der Waals surface area contributed by atoms with Gasteiger partial charge in [-0.3, -0.25) is 15.6 Å². The fraction of sp³-hybridized carbons (Fsp3) is 0.118. The van der Waals surface area contributed by atoms with Crippen LogP contribution in [-0.4, -0.2) is 33.6 Å². The van der Waals surface area contributed by atoms with E-state index in [1.54, 1.807) is 36.8 Å². The lowest BCUT2D eigenvalue weighted by Gasteiger charge is -2.06. The minimum Gasteiger partial charge on any atom is -0.461 e. The molecule has 0 spiro atoms. The number of thiazole rings is 1. The SMILES string of the molecule is CCOC(=O)c1cccc(NC(=O)Nc2csc(-c3ccncc3)n2)n1. The monoisotopic (exact) mass is 369 g/mol. The number of nitrogens with zero attached hydrogens (tertiary/aromatic N) is 3. The van der Waals surface area contributed by atoms with Crippen molar-refractivity contribution in [1.82, 2.24) is 15.0 Å². The summed E-state index contributed by atoms with van der Waals surface area (Å²) in [5.74, 6) is 0.108. The van der Waals surface area contributed by atoms with Crippen LogP contribution >= 0.6 is 11.3 Å². The van der Waals surface area contributed by atoms with Gasteiger partial charge in [-0.25, -0.2) is 19.6 Å². The fourth-order valence-electron chi connectivity index (χ4n) is 2.05. The predicted molar refractivity (Wildman–Crippen MR) is 98.2 cm³/mol. The lowest BCUT2D eigenvalue weighted by atomic mass is 10.3. The number of rotatable bonds is 5. The van der Waals surface area contributed by atoms with E-state index in [0.717, 1.165) is 10.6 Å². The molecule has 132 valence electrons. The Morgan fingerprint density at radius 2 is 1.85 bits per heavy atom. The first-order valence-corrected chi connectivity index (χ1v) is 8.62. The Morgan fingerprint density at radius 3 is 2.62 bits per heavy atom. The van der Waals surface area contributed by atoms with Gasteiger partial charge in [-0.05, 0) is 31.2 Å². The first-order chi connectivity index (χ1) is 12.7. The van der Waals surface area contributed by atoms with Crippen LogP contribution in [0.4, 0.5) is 16.4 Å². The largest absolute Gasteiger partial charge is 0.461 e. The van der Waals surface area contributed by atoms with Gasteiger partial charge >= 0.3 is 12.0 Å². The first kappa shape index (κ1) is 17.5. The van der Waals surface area contributed by atoms with Crippen molar-refractivity contribution < 1.29 is 14.3 Å². The zero-order valence-corrected chi connectivity index (χ0v) is 14.6. The number of aromatic nitrogens is 3. The third kappa shape index (κ3) is 4.39. The molecule has 3 rings (SSSR count).